The summed E-state index contributed by atoms with van der Waals surface area (Å²) in [4.78, 5) is 21.6. The van der Waals surface area contributed by atoms with Gasteiger partial charge in [-0.1, -0.05) is 327 Å². The van der Waals surface area contributed by atoms with E-state index in [1.165, 1.54) is 108 Å². The van der Waals surface area contributed by atoms with E-state index in [1.807, 2.05) is 29.6 Å². The predicted molar refractivity (Wildman–Crippen MR) is 444 cm³/mol. The van der Waals surface area contributed by atoms with E-state index in [1.54, 1.807) is 0 Å². The SMILES string of the molecule is c1ccc(-c2cc(-c3ccc(-c4ccc(-c5cc(-c6cccc(-n7c8ccccc8c8c9c(ccc87)C7(c8ccccc8S9)c8ccccc8-c8ccccc87)c6)nc(-c6ccccc6)n5)cc4)cc3)nc(-n3c4ccccc4c4c5c(ccc43)C3(c4ccccc4S5)c4ccccc4-c4ccccc43)c2)cc1. The normalized spacial score (nSPS) is 13.6. The van der Waals surface area contributed by atoms with Gasteiger partial charge in [-0.25, -0.2) is 15.0 Å². The number of fused-ring (bicyclic) bond motifs is 26. The van der Waals surface area contributed by atoms with Crippen LogP contribution in [0.15, 0.2) is 390 Å². The summed E-state index contributed by atoms with van der Waals surface area (Å²) in [6.45, 7) is 0. The molecule has 0 atom stereocenters. The third kappa shape index (κ3) is 8.77. The highest BCUT2D eigenvalue weighted by Crippen LogP contribution is 2.66. The van der Waals surface area contributed by atoms with Crippen molar-refractivity contribution in [3.8, 4) is 101 Å². The number of rotatable bonds is 8. The molecule has 4 aliphatic rings. The molecule has 0 unspecified atom stereocenters. The minimum Gasteiger partial charge on any atom is -0.309 e. The molecule has 0 saturated carbocycles. The quantitative estimate of drug-likeness (QED) is 0.152. The molecule has 4 aromatic heterocycles. The Morgan fingerprint density at radius 2 is 0.620 bits per heavy atom. The molecule has 19 aromatic rings. The number of aromatic nitrogens is 5. The molecule has 108 heavy (non-hydrogen) atoms. The van der Waals surface area contributed by atoms with Crippen molar-refractivity contribution in [1.82, 2.24) is 24.1 Å². The number of pyridine rings is 1. The molecule has 0 radical (unpaired) electrons. The smallest absolute Gasteiger partial charge is 0.160 e. The van der Waals surface area contributed by atoms with Crippen LogP contribution in [-0.2, 0) is 10.8 Å². The summed E-state index contributed by atoms with van der Waals surface area (Å²) in [5.41, 5.74) is 31.5. The fraction of sp³-hybridized carbons (Fsp3) is 0.0198. The standard InChI is InChI=1S/C101H61N5S2/c1-3-24-62(25-4-1)69-59-85(102-94(60-69)106-89-43-20-12-35-76(89)96-91(106)57-55-84-98(96)108-93-45-22-18-41-82(93)101(84)79-38-15-9-32-73(79)74-33-10-16-39-80(74)101)65-50-46-63(47-51-65)64-48-52-66(53-49-64)86-61-87(104-99(103-86)67-26-5-2-6-27-67)68-28-23-29-70(58-68)105-88-42-19-11-34-75(88)95-90(105)56-54-83-97(95)107-92-44-21-17-40-81(92)100(83)77-36-13-7-30-71(77)72-31-8-14-37-78(72)100/h1-61H. The van der Waals surface area contributed by atoms with Gasteiger partial charge in [0.05, 0.1) is 50.0 Å². The maximum atomic E-state index is 5.68. The lowest BCUT2D eigenvalue weighted by molar-refractivity contribution is 0.726. The maximum absolute atomic E-state index is 5.68. The first kappa shape index (κ1) is 61.2. The summed E-state index contributed by atoms with van der Waals surface area (Å²) < 4.78 is 4.86. The summed E-state index contributed by atoms with van der Waals surface area (Å²) >= 11 is 3.82. The molecule has 0 saturated heterocycles. The van der Waals surface area contributed by atoms with Crippen LogP contribution in [0, 0.1) is 0 Å². The van der Waals surface area contributed by atoms with E-state index in [2.05, 4.69) is 373 Å². The van der Waals surface area contributed by atoms with Crippen molar-refractivity contribution in [3.05, 3.63) is 415 Å². The van der Waals surface area contributed by atoms with E-state index in [0.717, 1.165) is 95.2 Å². The Morgan fingerprint density at radius 1 is 0.231 bits per heavy atom. The highest BCUT2D eigenvalue weighted by Gasteiger charge is 2.52. The predicted octanol–water partition coefficient (Wildman–Crippen LogP) is 25.7. The monoisotopic (exact) mass is 1410 g/mol. The first-order valence-corrected chi connectivity index (χ1v) is 38.6. The molecule has 6 heterocycles. The second-order valence-electron chi connectivity index (χ2n) is 28.8. The molecule has 0 fully saturated rings. The van der Waals surface area contributed by atoms with Crippen molar-refractivity contribution in [2.45, 2.75) is 30.4 Å². The van der Waals surface area contributed by atoms with E-state index in [4.69, 9.17) is 15.0 Å². The Bertz CT molecular complexity index is 6900. The molecule has 2 spiro atoms. The van der Waals surface area contributed by atoms with Gasteiger partial charge in [-0.15, -0.1) is 0 Å². The first-order chi connectivity index (χ1) is 53.5. The van der Waals surface area contributed by atoms with E-state index < -0.39 is 10.8 Å². The summed E-state index contributed by atoms with van der Waals surface area (Å²) in [6, 6.07) is 136. The lowest BCUT2D eigenvalue weighted by atomic mass is 9.67. The van der Waals surface area contributed by atoms with E-state index in [-0.39, 0.29) is 0 Å². The minimum absolute atomic E-state index is 0.478. The third-order valence-corrected chi connectivity index (χ3v) is 25.7. The van der Waals surface area contributed by atoms with Crippen molar-refractivity contribution in [2.75, 3.05) is 0 Å². The Labute approximate surface area is 632 Å². The van der Waals surface area contributed by atoms with Gasteiger partial charge in [0.1, 0.15) is 5.82 Å². The summed E-state index contributed by atoms with van der Waals surface area (Å²) in [6.07, 6.45) is 0. The zero-order chi connectivity index (χ0) is 70.8. The van der Waals surface area contributed by atoms with Gasteiger partial charge in [0.2, 0.25) is 0 Å². The Hall–Kier alpha value is -13.2. The lowest BCUT2D eigenvalue weighted by Gasteiger charge is -2.40. The molecule has 502 valence electrons. The van der Waals surface area contributed by atoms with Crippen LogP contribution in [0.2, 0.25) is 0 Å². The molecule has 23 rings (SSSR count). The number of hydrogen-bond acceptors (Lipinski definition) is 5. The zero-order valence-corrected chi connectivity index (χ0v) is 59.9. The molecule has 2 aliphatic carbocycles. The van der Waals surface area contributed by atoms with Crippen molar-refractivity contribution in [2.24, 2.45) is 0 Å². The third-order valence-electron chi connectivity index (χ3n) is 23.3. The molecule has 15 aromatic carbocycles. The fourth-order valence-corrected chi connectivity index (χ4v) is 21.5. The second kappa shape index (κ2) is 23.7. The summed E-state index contributed by atoms with van der Waals surface area (Å²) in [5.74, 6) is 1.53. The van der Waals surface area contributed by atoms with E-state index >= 15 is 0 Å². The van der Waals surface area contributed by atoms with Gasteiger partial charge >= 0.3 is 0 Å². The lowest BCUT2D eigenvalue weighted by Crippen LogP contribution is -2.32. The topological polar surface area (TPSA) is 48.5 Å². The van der Waals surface area contributed by atoms with Gasteiger partial charge < -0.3 is 4.57 Å². The number of para-hydroxylation sites is 2. The van der Waals surface area contributed by atoms with Crippen LogP contribution in [0.5, 0.6) is 0 Å². The van der Waals surface area contributed by atoms with Crippen LogP contribution in [0.25, 0.3) is 145 Å². The second-order valence-corrected chi connectivity index (χ2v) is 30.9. The molecular formula is C101H61N5S2. The molecule has 5 nitrogen and oxygen atoms in total. The highest BCUT2D eigenvalue weighted by atomic mass is 32.2. The largest absolute Gasteiger partial charge is 0.309 e. The van der Waals surface area contributed by atoms with Crippen molar-refractivity contribution in [3.63, 3.8) is 0 Å². The molecule has 0 amide bonds. The highest BCUT2D eigenvalue weighted by molar-refractivity contribution is 8.00. The summed E-state index contributed by atoms with van der Waals surface area (Å²) in [5, 5.41) is 4.94. The number of hydrogen-bond donors (Lipinski definition) is 0. The van der Waals surface area contributed by atoms with Crippen LogP contribution in [-0.4, -0.2) is 24.1 Å². The van der Waals surface area contributed by atoms with Crippen LogP contribution < -0.4 is 0 Å². The molecular weight excluding hydrogens is 1350 g/mol. The van der Waals surface area contributed by atoms with Gasteiger partial charge in [0.25, 0.3) is 0 Å². The van der Waals surface area contributed by atoms with Gasteiger partial charge in [-0.05, 0) is 156 Å². The molecule has 0 N–H and O–H groups in total. The van der Waals surface area contributed by atoms with Crippen molar-refractivity contribution in [1.29, 1.82) is 0 Å². The van der Waals surface area contributed by atoms with Crippen LogP contribution in [0.4, 0.5) is 0 Å². The Kier molecular flexibility index (Phi) is 13.4. The van der Waals surface area contributed by atoms with Gasteiger partial charge in [0, 0.05) is 69.1 Å². The first-order valence-electron chi connectivity index (χ1n) is 37.0. The van der Waals surface area contributed by atoms with Gasteiger partial charge in [-0.3, -0.25) is 4.57 Å². The maximum Gasteiger partial charge on any atom is 0.160 e. The van der Waals surface area contributed by atoms with E-state index in [9.17, 15) is 0 Å². The number of benzene rings is 15. The Morgan fingerprint density at radius 3 is 1.14 bits per heavy atom. The minimum atomic E-state index is -0.491. The molecule has 0 bridgehead atoms. The van der Waals surface area contributed by atoms with Gasteiger partial charge in [-0.2, -0.15) is 0 Å². The van der Waals surface area contributed by atoms with Gasteiger partial charge in [0.15, 0.2) is 5.82 Å². The van der Waals surface area contributed by atoms with Crippen LogP contribution in [0.3, 0.4) is 0 Å². The van der Waals surface area contributed by atoms with Crippen molar-refractivity contribution < 1.29 is 0 Å². The number of nitrogens with zero attached hydrogens (tertiary/aromatic N) is 5. The average Bonchev–Trinajstić information content (AvgIpc) is 1.48. The van der Waals surface area contributed by atoms with Crippen molar-refractivity contribution >= 4 is 67.1 Å². The average molecular weight is 1410 g/mol. The zero-order valence-electron chi connectivity index (χ0n) is 58.3. The van der Waals surface area contributed by atoms with Crippen LogP contribution >= 0.6 is 23.5 Å². The van der Waals surface area contributed by atoms with E-state index in [0.29, 0.717) is 5.82 Å². The fourth-order valence-electron chi connectivity index (χ4n) is 18.8. The molecule has 2 aliphatic heterocycles. The molecule has 7 heteroatoms. The summed E-state index contributed by atoms with van der Waals surface area (Å²) in [7, 11) is 0. The Balaban J connectivity index is 0.604. The van der Waals surface area contributed by atoms with Crippen LogP contribution in [0.1, 0.15) is 44.5 Å².